The van der Waals surface area contributed by atoms with Crippen molar-refractivity contribution in [1.29, 1.82) is 0 Å². The van der Waals surface area contributed by atoms with Gasteiger partial charge >= 0.3 is 5.97 Å². The van der Waals surface area contributed by atoms with Crippen molar-refractivity contribution in [2.75, 3.05) is 13.7 Å². The van der Waals surface area contributed by atoms with E-state index in [2.05, 4.69) is 0 Å². The minimum absolute atomic E-state index is 0.330. The van der Waals surface area contributed by atoms with Crippen molar-refractivity contribution >= 4 is 5.97 Å². The van der Waals surface area contributed by atoms with Gasteiger partial charge in [-0.3, -0.25) is 0 Å². The van der Waals surface area contributed by atoms with Gasteiger partial charge in [0, 0.05) is 26.5 Å². The molecule has 4 nitrogen and oxygen atoms in total. The van der Waals surface area contributed by atoms with Crippen molar-refractivity contribution in [3.05, 3.63) is 24.0 Å². The van der Waals surface area contributed by atoms with Crippen LogP contribution >= 0.6 is 0 Å². The van der Waals surface area contributed by atoms with Gasteiger partial charge in [-0.1, -0.05) is 0 Å². The molecule has 0 amide bonds. The highest BCUT2D eigenvalue weighted by Gasteiger charge is 2.07. The van der Waals surface area contributed by atoms with E-state index < -0.39 is 5.97 Å². The van der Waals surface area contributed by atoms with Gasteiger partial charge in [-0.15, -0.1) is 0 Å². The standard InChI is InChI=1S/C9H13NO3/c1-13-7-3-6-10-5-2-4-8(10)9(11)12/h2,4-5H,3,6-7H2,1H3,(H,11,12). The van der Waals surface area contributed by atoms with Gasteiger partial charge in [0.15, 0.2) is 0 Å². The molecule has 0 saturated heterocycles. The average Bonchev–Trinajstić information content (AvgIpc) is 2.53. The van der Waals surface area contributed by atoms with Gasteiger partial charge in [0.05, 0.1) is 0 Å². The number of aryl methyl sites for hydroxylation is 1. The van der Waals surface area contributed by atoms with Gasteiger partial charge in [0.2, 0.25) is 0 Å². The van der Waals surface area contributed by atoms with E-state index in [0.29, 0.717) is 18.8 Å². The van der Waals surface area contributed by atoms with Gasteiger partial charge in [-0.2, -0.15) is 0 Å². The van der Waals surface area contributed by atoms with E-state index in [-0.39, 0.29) is 0 Å². The summed E-state index contributed by atoms with van der Waals surface area (Å²) in [4.78, 5) is 10.7. The zero-order valence-electron chi connectivity index (χ0n) is 7.56. The normalized spacial score (nSPS) is 10.2. The summed E-state index contributed by atoms with van der Waals surface area (Å²) in [7, 11) is 1.63. The molecular weight excluding hydrogens is 170 g/mol. The second-order valence-electron chi connectivity index (χ2n) is 2.74. The summed E-state index contributed by atoms with van der Waals surface area (Å²) >= 11 is 0. The van der Waals surface area contributed by atoms with Crippen LogP contribution < -0.4 is 0 Å². The smallest absolute Gasteiger partial charge is 0.352 e. The van der Waals surface area contributed by atoms with Gasteiger partial charge in [0.25, 0.3) is 0 Å². The predicted molar refractivity (Wildman–Crippen MR) is 47.9 cm³/mol. The van der Waals surface area contributed by atoms with Crippen LogP contribution in [0.3, 0.4) is 0 Å². The largest absolute Gasteiger partial charge is 0.477 e. The lowest BCUT2D eigenvalue weighted by atomic mass is 10.4. The molecule has 0 radical (unpaired) electrons. The molecular formula is C9H13NO3. The highest BCUT2D eigenvalue weighted by atomic mass is 16.5. The Bertz CT molecular complexity index is 280. The van der Waals surface area contributed by atoms with Crippen LogP contribution in [0.25, 0.3) is 0 Å². The van der Waals surface area contributed by atoms with Crippen LogP contribution in [0.15, 0.2) is 18.3 Å². The number of rotatable bonds is 5. The third-order valence-corrected chi connectivity index (χ3v) is 1.80. The molecule has 0 aliphatic rings. The second kappa shape index (κ2) is 4.67. The molecule has 1 N–H and O–H groups in total. The summed E-state index contributed by atoms with van der Waals surface area (Å²) in [5.74, 6) is -0.887. The fourth-order valence-corrected chi connectivity index (χ4v) is 1.18. The summed E-state index contributed by atoms with van der Waals surface area (Å²) in [5, 5.41) is 8.76. The Morgan fingerprint density at radius 1 is 1.69 bits per heavy atom. The number of aromatic nitrogens is 1. The Hall–Kier alpha value is -1.29. The third kappa shape index (κ3) is 2.59. The van der Waals surface area contributed by atoms with E-state index in [4.69, 9.17) is 9.84 Å². The van der Waals surface area contributed by atoms with Crippen molar-refractivity contribution in [1.82, 2.24) is 4.57 Å². The van der Waals surface area contributed by atoms with Crippen LogP contribution in [-0.2, 0) is 11.3 Å². The number of ether oxygens (including phenoxy) is 1. The molecule has 0 aliphatic carbocycles. The van der Waals surface area contributed by atoms with Crippen molar-refractivity contribution in [2.45, 2.75) is 13.0 Å². The number of carboxylic acid groups (broad SMARTS) is 1. The van der Waals surface area contributed by atoms with Crippen LogP contribution in [0, 0.1) is 0 Å². The Balaban J connectivity index is 2.55. The first kappa shape index (κ1) is 9.80. The van der Waals surface area contributed by atoms with Crippen molar-refractivity contribution in [3.8, 4) is 0 Å². The predicted octanol–water partition coefficient (Wildman–Crippen LogP) is 1.22. The van der Waals surface area contributed by atoms with Crippen molar-refractivity contribution < 1.29 is 14.6 Å². The third-order valence-electron chi connectivity index (χ3n) is 1.80. The number of hydrogen-bond donors (Lipinski definition) is 1. The summed E-state index contributed by atoms with van der Waals surface area (Å²) in [6.07, 6.45) is 2.59. The molecule has 0 atom stereocenters. The molecule has 0 unspecified atom stereocenters. The quantitative estimate of drug-likeness (QED) is 0.698. The molecule has 0 aromatic carbocycles. The molecule has 1 heterocycles. The molecule has 0 spiro atoms. The van der Waals surface area contributed by atoms with Crippen molar-refractivity contribution in [2.24, 2.45) is 0 Å². The highest BCUT2D eigenvalue weighted by Crippen LogP contribution is 2.03. The number of carbonyl (C=O) groups is 1. The molecule has 0 fully saturated rings. The Morgan fingerprint density at radius 3 is 3.08 bits per heavy atom. The van der Waals surface area contributed by atoms with Crippen LogP contribution in [0.5, 0.6) is 0 Å². The molecule has 4 heteroatoms. The number of hydrogen-bond acceptors (Lipinski definition) is 2. The molecule has 72 valence electrons. The number of nitrogens with zero attached hydrogens (tertiary/aromatic N) is 1. The topological polar surface area (TPSA) is 51.5 Å². The Labute approximate surface area is 76.7 Å². The summed E-state index contributed by atoms with van der Waals surface area (Å²) in [6.45, 7) is 1.33. The lowest BCUT2D eigenvalue weighted by molar-refractivity contribution is 0.0684. The zero-order valence-corrected chi connectivity index (χ0v) is 7.56. The van der Waals surface area contributed by atoms with Gasteiger partial charge in [-0.25, -0.2) is 4.79 Å². The lowest BCUT2D eigenvalue weighted by Gasteiger charge is -2.04. The average molecular weight is 183 g/mol. The van der Waals surface area contributed by atoms with E-state index in [0.717, 1.165) is 6.42 Å². The first-order valence-corrected chi connectivity index (χ1v) is 4.13. The molecule has 13 heavy (non-hydrogen) atoms. The van der Waals surface area contributed by atoms with E-state index in [9.17, 15) is 4.79 Å². The fraction of sp³-hybridized carbons (Fsp3) is 0.444. The molecule has 1 aromatic heterocycles. The molecule has 0 saturated carbocycles. The maximum atomic E-state index is 10.7. The molecule has 0 bridgehead atoms. The monoisotopic (exact) mass is 183 g/mol. The van der Waals surface area contributed by atoms with Crippen LogP contribution in [0.2, 0.25) is 0 Å². The number of carboxylic acids is 1. The minimum atomic E-state index is -0.887. The maximum absolute atomic E-state index is 10.7. The van der Waals surface area contributed by atoms with Crippen LogP contribution in [-0.4, -0.2) is 29.4 Å². The summed E-state index contributed by atoms with van der Waals surface area (Å²) < 4.78 is 6.59. The van der Waals surface area contributed by atoms with Gasteiger partial charge in [-0.05, 0) is 18.6 Å². The van der Waals surface area contributed by atoms with Crippen molar-refractivity contribution in [3.63, 3.8) is 0 Å². The van der Waals surface area contributed by atoms with E-state index >= 15 is 0 Å². The Kier molecular flexibility index (Phi) is 3.52. The number of methoxy groups -OCH3 is 1. The zero-order chi connectivity index (χ0) is 9.68. The van der Waals surface area contributed by atoms with E-state index in [1.54, 1.807) is 30.0 Å². The van der Waals surface area contributed by atoms with E-state index in [1.807, 2.05) is 0 Å². The lowest BCUT2D eigenvalue weighted by Crippen LogP contribution is -2.08. The van der Waals surface area contributed by atoms with Gasteiger partial charge in [0.1, 0.15) is 5.69 Å². The minimum Gasteiger partial charge on any atom is -0.477 e. The fourth-order valence-electron chi connectivity index (χ4n) is 1.18. The van der Waals surface area contributed by atoms with Crippen LogP contribution in [0.4, 0.5) is 0 Å². The highest BCUT2D eigenvalue weighted by molar-refractivity contribution is 5.85. The Morgan fingerprint density at radius 2 is 2.46 bits per heavy atom. The van der Waals surface area contributed by atoms with Crippen LogP contribution in [0.1, 0.15) is 16.9 Å². The SMILES string of the molecule is COCCCn1cccc1C(=O)O. The number of aromatic carboxylic acids is 1. The summed E-state index contributed by atoms with van der Waals surface area (Å²) in [5.41, 5.74) is 0.330. The summed E-state index contributed by atoms with van der Waals surface area (Å²) in [6, 6.07) is 3.32. The first-order chi connectivity index (χ1) is 6.25. The van der Waals surface area contributed by atoms with Gasteiger partial charge < -0.3 is 14.4 Å². The molecule has 0 aliphatic heterocycles. The first-order valence-electron chi connectivity index (χ1n) is 4.13. The molecule has 1 aromatic rings. The molecule has 1 rings (SSSR count). The maximum Gasteiger partial charge on any atom is 0.352 e. The second-order valence-corrected chi connectivity index (χ2v) is 2.74. The van der Waals surface area contributed by atoms with E-state index in [1.165, 1.54) is 0 Å².